The van der Waals surface area contributed by atoms with E-state index in [9.17, 15) is 4.79 Å². The Balaban J connectivity index is 2.65. The first kappa shape index (κ1) is 12.2. The van der Waals surface area contributed by atoms with Crippen LogP contribution in [0.1, 0.15) is 17.3 Å². The maximum Gasteiger partial charge on any atom is 0.344 e. The zero-order valence-corrected chi connectivity index (χ0v) is 10.9. The number of carbonyl (C=O) groups excluding carboxylic acids is 1. The zero-order chi connectivity index (χ0) is 12.4. The van der Waals surface area contributed by atoms with Gasteiger partial charge in [-0.1, -0.05) is 11.6 Å². The van der Waals surface area contributed by atoms with Crippen LogP contribution in [0.3, 0.4) is 0 Å². The molecule has 0 aliphatic heterocycles. The number of fused-ring (bicyclic) bond motifs is 1. The fourth-order valence-corrected chi connectivity index (χ4v) is 2.33. The largest absolute Gasteiger partial charge is 0.462 e. The number of thioether (sulfide) groups is 1. The van der Waals surface area contributed by atoms with Crippen molar-refractivity contribution in [3.8, 4) is 0 Å². The minimum Gasteiger partial charge on any atom is -0.462 e. The monoisotopic (exact) mass is 271 g/mol. The first-order valence-electron chi connectivity index (χ1n) is 4.93. The number of aromatic nitrogens is 3. The lowest BCUT2D eigenvalue weighted by Crippen LogP contribution is -2.11. The summed E-state index contributed by atoms with van der Waals surface area (Å²) in [6, 6.07) is 1.72. The molecule has 2 aromatic heterocycles. The highest BCUT2D eigenvalue weighted by atomic mass is 35.5. The molecule has 0 aromatic carbocycles. The average Bonchev–Trinajstić information content (AvgIpc) is 2.77. The van der Waals surface area contributed by atoms with Crippen LogP contribution in [0.4, 0.5) is 0 Å². The number of rotatable bonds is 3. The van der Waals surface area contributed by atoms with E-state index in [2.05, 4.69) is 10.1 Å². The summed E-state index contributed by atoms with van der Waals surface area (Å²) in [5, 5.41) is 4.77. The molecule has 0 unspecified atom stereocenters. The molecule has 0 radical (unpaired) electrons. The molecule has 0 atom stereocenters. The van der Waals surface area contributed by atoms with Crippen LogP contribution in [-0.4, -0.2) is 33.4 Å². The molecule has 5 nitrogen and oxygen atoms in total. The van der Waals surface area contributed by atoms with Gasteiger partial charge in [-0.2, -0.15) is 5.10 Å². The molecule has 0 fully saturated rings. The van der Waals surface area contributed by atoms with Gasteiger partial charge in [0.1, 0.15) is 15.7 Å². The number of esters is 1. The summed E-state index contributed by atoms with van der Waals surface area (Å²) < 4.78 is 6.37. The van der Waals surface area contributed by atoms with Gasteiger partial charge in [-0.3, -0.25) is 0 Å². The molecule has 2 rings (SSSR count). The van der Waals surface area contributed by atoms with Gasteiger partial charge in [-0.05, 0) is 13.2 Å². The normalized spacial score (nSPS) is 10.8. The zero-order valence-electron chi connectivity index (χ0n) is 9.31. The third kappa shape index (κ3) is 2.10. The third-order valence-electron chi connectivity index (χ3n) is 2.12. The highest BCUT2D eigenvalue weighted by Gasteiger charge is 2.21. The van der Waals surface area contributed by atoms with Crippen molar-refractivity contribution in [2.45, 2.75) is 11.9 Å². The maximum atomic E-state index is 11.8. The number of nitrogens with zero attached hydrogens (tertiary/aromatic N) is 3. The molecule has 0 N–H and O–H groups in total. The summed E-state index contributed by atoms with van der Waals surface area (Å²) in [6.45, 7) is 2.03. The van der Waals surface area contributed by atoms with Gasteiger partial charge in [0.2, 0.25) is 0 Å². The van der Waals surface area contributed by atoms with Gasteiger partial charge in [-0.25, -0.2) is 14.3 Å². The van der Waals surface area contributed by atoms with Crippen LogP contribution < -0.4 is 0 Å². The molecular formula is C10H10ClN3O2S. The molecule has 0 aliphatic carbocycles. The topological polar surface area (TPSA) is 56.5 Å². The van der Waals surface area contributed by atoms with E-state index >= 15 is 0 Å². The van der Waals surface area contributed by atoms with Crippen molar-refractivity contribution in [1.82, 2.24) is 14.6 Å². The predicted octanol–water partition coefficient (Wildman–Crippen LogP) is 2.28. The quantitative estimate of drug-likeness (QED) is 0.487. The molecule has 17 heavy (non-hydrogen) atoms. The lowest BCUT2D eigenvalue weighted by atomic mass is 10.3. The third-order valence-corrected chi connectivity index (χ3v) is 3.15. The molecule has 0 saturated heterocycles. The highest BCUT2D eigenvalue weighted by molar-refractivity contribution is 7.98. The highest BCUT2D eigenvalue weighted by Crippen LogP contribution is 2.26. The van der Waals surface area contributed by atoms with E-state index in [-0.39, 0.29) is 10.7 Å². The average molecular weight is 272 g/mol. The van der Waals surface area contributed by atoms with E-state index in [1.165, 1.54) is 16.3 Å². The van der Waals surface area contributed by atoms with Crippen molar-refractivity contribution in [3.63, 3.8) is 0 Å². The number of hydrogen-bond acceptors (Lipinski definition) is 5. The Bertz CT molecular complexity index is 570. The summed E-state index contributed by atoms with van der Waals surface area (Å²) in [7, 11) is 0. The smallest absolute Gasteiger partial charge is 0.344 e. The van der Waals surface area contributed by atoms with Crippen molar-refractivity contribution in [1.29, 1.82) is 0 Å². The van der Waals surface area contributed by atoms with Crippen LogP contribution in [0.25, 0.3) is 5.65 Å². The predicted molar refractivity (Wildman–Crippen MR) is 65.7 cm³/mol. The number of carbonyl (C=O) groups is 1. The van der Waals surface area contributed by atoms with Gasteiger partial charge in [-0.15, -0.1) is 11.8 Å². The number of halogens is 1. The lowest BCUT2D eigenvalue weighted by Gasteiger charge is -2.09. The summed E-state index contributed by atoms with van der Waals surface area (Å²) >= 11 is 7.49. The van der Waals surface area contributed by atoms with E-state index in [4.69, 9.17) is 16.3 Å². The van der Waals surface area contributed by atoms with Crippen molar-refractivity contribution >= 4 is 35.0 Å². The van der Waals surface area contributed by atoms with Crippen LogP contribution in [0.15, 0.2) is 17.3 Å². The van der Waals surface area contributed by atoms with E-state index in [0.717, 1.165) is 0 Å². The summed E-state index contributed by atoms with van der Waals surface area (Å²) in [4.78, 5) is 16.1. The second-order valence-electron chi connectivity index (χ2n) is 3.11. The van der Waals surface area contributed by atoms with Gasteiger partial charge < -0.3 is 4.74 Å². The second kappa shape index (κ2) is 4.93. The Morgan fingerprint density at radius 2 is 2.41 bits per heavy atom. The minimum atomic E-state index is -0.480. The molecule has 0 saturated carbocycles. The van der Waals surface area contributed by atoms with Gasteiger partial charge in [0.25, 0.3) is 0 Å². The summed E-state index contributed by atoms with van der Waals surface area (Å²) in [5.74, 6) is -0.480. The van der Waals surface area contributed by atoms with Gasteiger partial charge >= 0.3 is 5.97 Å². The molecule has 0 spiro atoms. The fourth-order valence-electron chi connectivity index (χ4n) is 1.41. The second-order valence-corrected chi connectivity index (χ2v) is 4.26. The standard InChI is InChI=1S/C10H10ClN3O2S/c1-3-16-10(15)7-8(11)14-6(4-5-12-14)13-9(7)17-2/h4-5H,3H2,1-2H3. The van der Waals surface area contributed by atoms with E-state index < -0.39 is 5.97 Å². The van der Waals surface area contributed by atoms with Crippen LogP contribution in [0.2, 0.25) is 5.15 Å². The molecule has 90 valence electrons. The first-order valence-corrected chi connectivity index (χ1v) is 6.53. The molecule has 0 amide bonds. The molecule has 2 heterocycles. The van der Waals surface area contributed by atoms with E-state index in [1.54, 1.807) is 19.2 Å². The van der Waals surface area contributed by atoms with Crippen LogP contribution in [0.5, 0.6) is 0 Å². The molecule has 2 aromatic rings. The minimum absolute atomic E-state index is 0.225. The molecule has 0 bridgehead atoms. The SMILES string of the molecule is CCOC(=O)c1c(SC)nc2ccnn2c1Cl. The van der Waals surface area contributed by atoms with Crippen molar-refractivity contribution in [2.24, 2.45) is 0 Å². The fraction of sp³-hybridized carbons (Fsp3) is 0.300. The molecular weight excluding hydrogens is 262 g/mol. The summed E-state index contributed by atoms with van der Waals surface area (Å²) in [6.07, 6.45) is 3.40. The maximum absolute atomic E-state index is 11.8. The van der Waals surface area contributed by atoms with Crippen molar-refractivity contribution in [3.05, 3.63) is 23.0 Å². The Kier molecular flexibility index (Phi) is 3.54. The Labute approximate surface area is 107 Å². The van der Waals surface area contributed by atoms with Gasteiger partial charge in [0.05, 0.1) is 12.8 Å². The summed E-state index contributed by atoms with van der Waals surface area (Å²) in [5.41, 5.74) is 0.865. The van der Waals surface area contributed by atoms with Gasteiger partial charge in [0.15, 0.2) is 5.65 Å². The number of hydrogen-bond donors (Lipinski definition) is 0. The van der Waals surface area contributed by atoms with Gasteiger partial charge in [0, 0.05) is 6.07 Å². The van der Waals surface area contributed by atoms with Crippen LogP contribution in [-0.2, 0) is 4.74 Å². The lowest BCUT2D eigenvalue weighted by molar-refractivity contribution is 0.0521. The van der Waals surface area contributed by atoms with Crippen LogP contribution in [0, 0.1) is 0 Å². The van der Waals surface area contributed by atoms with Crippen molar-refractivity contribution in [2.75, 3.05) is 12.9 Å². The number of ether oxygens (including phenoxy) is 1. The van der Waals surface area contributed by atoms with E-state index in [1.807, 2.05) is 6.26 Å². The van der Waals surface area contributed by atoms with Crippen molar-refractivity contribution < 1.29 is 9.53 Å². The molecule has 0 aliphatic rings. The van der Waals surface area contributed by atoms with Crippen LogP contribution >= 0.6 is 23.4 Å². The Hall–Kier alpha value is -1.27. The Morgan fingerprint density at radius 3 is 3.06 bits per heavy atom. The Morgan fingerprint density at radius 1 is 1.65 bits per heavy atom. The van der Waals surface area contributed by atoms with E-state index in [0.29, 0.717) is 17.3 Å². The molecule has 7 heteroatoms. The first-order chi connectivity index (χ1) is 8.19.